The lowest BCUT2D eigenvalue weighted by Crippen LogP contribution is -2.20. The van der Waals surface area contributed by atoms with E-state index in [-0.39, 0.29) is 11.2 Å². The van der Waals surface area contributed by atoms with Crippen LogP contribution in [0.25, 0.3) is 0 Å². The van der Waals surface area contributed by atoms with Gasteiger partial charge in [-0.1, -0.05) is 6.07 Å². The standard InChI is InChI=1S/C11H14FNO2/c1-14-9-4-2-3-8(12)10(9)11(5-6-11)7-15-13/h2-4H,5-7,13H2,1H3. The van der Waals surface area contributed by atoms with Crippen LogP contribution in [0.1, 0.15) is 18.4 Å². The third-order valence-corrected chi connectivity index (χ3v) is 2.94. The Bertz CT molecular complexity index is 364. The molecule has 2 rings (SSSR count). The number of nitrogens with two attached hydrogens (primary N) is 1. The first kappa shape index (κ1) is 10.4. The first-order chi connectivity index (χ1) is 7.23. The van der Waals surface area contributed by atoms with Crippen LogP contribution >= 0.6 is 0 Å². The van der Waals surface area contributed by atoms with Gasteiger partial charge in [-0.05, 0) is 25.0 Å². The van der Waals surface area contributed by atoms with Crippen molar-refractivity contribution in [1.29, 1.82) is 0 Å². The van der Waals surface area contributed by atoms with E-state index in [1.807, 2.05) is 0 Å². The number of ether oxygens (including phenoxy) is 1. The van der Waals surface area contributed by atoms with E-state index in [4.69, 9.17) is 10.6 Å². The molecule has 0 heterocycles. The number of methoxy groups -OCH3 is 1. The van der Waals surface area contributed by atoms with Crippen molar-refractivity contribution in [2.45, 2.75) is 18.3 Å². The molecule has 1 saturated carbocycles. The number of rotatable bonds is 4. The molecule has 0 amide bonds. The van der Waals surface area contributed by atoms with Crippen LogP contribution in [0.5, 0.6) is 5.75 Å². The second kappa shape index (κ2) is 3.79. The van der Waals surface area contributed by atoms with Crippen molar-refractivity contribution in [3.05, 3.63) is 29.6 Å². The molecular formula is C11H14FNO2. The molecule has 0 radical (unpaired) electrons. The molecule has 1 aromatic carbocycles. The Balaban J connectivity index is 2.42. The van der Waals surface area contributed by atoms with Crippen LogP contribution in [0.2, 0.25) is 0 Å². The Hall–Kier alpha value is -1.13. The van der Waals surface area contributed by atoms with Crippen molar-refractivity contribution in [2.24, 2.45) is 5.90 Å². The molecule has 0 saturated heterocycles. The van der Waals surface area contributed by atoms with Crippen LogP contribution in [-0.2, 0) is 10.3 Å². The maximum Gasteiger partial charge on any atom is 0.130 e. The first-order valence-corrected chi connectivity index (χ1v) is 4.88. The summed E-state index contributed by atoms with van der Waals surface area (Å²) in [5, 5.41) is 0. The lowest BCUT2D eigenvalue weighted by Gasteiger charge is -2.18. The normalized spacial score (nSPS) is 17.5. The zero-order valence-electron chi connectivity index (χ0n) is 8.63. The van der Waals surface area contributed by atoms with Gasteiger partial charge >= 0.3 is 0 Å². The van der Waals surface area contributed by atoms with Gasteiger partial charge in [0.25, 0.3) is 0 Å². The van der Waals surface area contributed by atoms with Crippen LogP contribution in [0.4, 0.5) is 4.39 Å². The highest BCUT2D eigenvalue weighted by Gasteiger charge is 2.48. The third kappa shape index (κ3) is 1.70. The molecule has 1 aliphatic rings. The van der Waals surface area contributed by atoms with Gasteiger partial charge in [0.2, 0.25) is 0 Å². The van der Waals surface area contributed by atoms with Crippen molar-refractivity contribution >= 4 is 0 Å². The van der Waals surface area contributed by atoms with Gasteiger partial charge < -0.3 is 9.57 Å². The summed E-state index contributed by atoms with van der Waals surface area (Å²) in [4.78, 5) is 4.66. The van der Waals surface area contributed by atoms with Crippen LogP contribution in [0.3, 0.4) is 0 Å². The number of benzene rings is 1. The Morgan fingerprint density at radius 2 is 2.20 bits per heavy atom. The minimum absolute atomic E-state index is 0.246. The average molecular weight is 211 g/mol. The topological polar surface area (TPSA) is 44.5 Å². The van der Waals surface area contributed by atoms with Gasteiger partial charge in [0, 0.05) is 11.0 Å². The fourth-order valence-corrected chi connectivity index (χ4v) is 1.97. The van der Waals surface area contributed by atoms with E-state index >= 15 is 0 Å². The molecule has 82 valence electrons. The summed E-state index contributed by atoms with van der Waals surface area (Å²) in [5.41, 5.74) is 0.323. The molecule has 0 aromatic heterocycles. The van der Waals surface area contributed by atoms with Gasteiger partial charge in [-0.2, -0.15) is 0 Å². The highest BCUT2D eigenvalue weighted by molar-refractivity contribution is 5.44. The van der Waals surface area contributed by atoms with Gasteiger partial charge in [0.05, 0.1) is 13.7 Å². The smallest absolute Gasteiger partial charge is 0.130 e. The van der Waals surface area contributed by atoms with E-state index in [9.17, 15) is 4.39 Å². The monoisotopic (exact) mass is 211 g/mol. The lowest BCUT2D eigenvalue weighted by molar-refractivity contribution is 0.114. The van der Waals surface area contributed by atoms with Crippen molar-refractivity contribution in [2.75, 3.05) is 13.7 Å². The summed E-state index contributed by atoms with van der Waals surface area (Å²) in [6, 6.07) is 4.83. The fraction of sp³-hybridized carbons (Fsp3) is 0.455. The first-order valence-electron chi connectivity index (χ1n) is 4.88. The zero-order valence-corrected chi connectivity index (χ0v) is 8.63. The van der Waals surface area contributed by atoms with E-state index in [2.05, 4.69) is 4.84 Å². The molecule has 0 unspecified atom stereocenters. The highest BCUT2D eigenvalue weighted by Crippen LogP contribution is 2.52. The molecule has 2 N–H and O–H groups in total. The van der Waals surface area contributed by atoms with Gasteiger partial charge in [-0.15, -0.1) is 0 Å². The predicted molar refractivity (Wildman–Crippen MR) is 54.0 cm³/mol. The van der Waals surface area contributed by atoms with E-state index in [1.54, 1.807) is 12.1 Å². The number of hydrogen-bond acceptors (Lipinski definition) is 3. The van der Waals surface area contributed by atoms with Gasteiger partial charge in [-0.3, -0.25) is 0 Å². The molecule has 0 bridgehead atoms. The summed E-state index contributed by atoms with van der Waals surface area (Å²) in [7, 11) is 1.54. The highest BCUT2D eigenvalue weighted by atomic mass is 19.1. The van der Waals surface area contributed by atoms with Crippen LogP contribution in [-0.4, -0.2) is 13.7 Å². The Kier molecular flexibility index (Phi) is 2.63. The van der Waals surface area contributed by atoms with E-state index in [0.717, 1.165) is 12.8 Å². The molecule has 0 aliphatic heterocycles. The second-order valence-electron chi connectivity index (χ2n) is 3.91. The Labute approximate surface area is 87.9 Å². The van der Waals surface area contributed by atoms with E-state index < -0.39 is 0 Å². The molecule has 1 aliphatic carbocycles. The molecule has 0 atom stereocenters. The molecule has 0 spiro atoms. The average Bonchev–Trinajstić information content (AvgIpc) is 2.98. The second-order valence-corrected chi connectivity index (χ2v) is 3.91. The van der Waals surface area contributed by atoms with Gasteiger partial charge in [0.1, 0.15) is 11.6 Å². The van der Waals surface area contributed by atoms with Crippen LogP contribution < -0.4 is 10.6 Å². The maximum absolute atomic E-state index is 13.7. The zero-order chi connectivity index (χ0) is 10.9. The van der Waals surface area contributed by atoms with Crippen molar-refractivity contribution < 1.29 is 14.0 Å². The Morgan fingerprint density at radius 1 is 1.47 bits per heavy atom. The maximum atomic E-state index is 13.7. The van der Waals surface area contributed by atoms with E-state index in [1.165, 1.54) is 13.2 Å². The number of halogens is 1. The molecule has 1 aromatic rings. The van der Waals surface area contributed by atoms with Crippen LogP contribution in [0.15, 0.2) is 18.2 Å². The van der Waals surface area contributed by atoms with E-state index in [0.29, 0.717) is 17.9 Å². The minimum Gasteiger partial charge on any atom is -0.496 e. The summed E-state index contributed by atoms with van der Waals surface area (Å²) in [6.45, 7) is 0.338. The quantitative estimate of drug-likeness (QED) is 0.772. The van der Waals surface area contributed by atoms with Crippen molar-refractivity contribution in [3.63, 3.8) is 0 Å². The van der Waals surface area contributed by atoms with Gasteiger partial charge in [-0.25, -0.2) is 10.3 Å². The predicted octanol–water partition coefficient (Wildman–Crippen LogP) is 1.76. The van der Waals surface area contributed by atoms with Crippen molar-refractivity contribution in [3.8, 4) is 5.75 Å². The summed E-state index contributed by atoms with van der Waals surface area (Å²) in [6.07, 6.45) is 1.78. The lowest BCUT2D eigenvalue weighted by atomic mass is 9.95. The molecule has 3 nitrogen and oxygen atoms in total. The molecule has 15 heavy (non-hydrogen) atoms. The molecular weight excluding hydrogens is 197 g/mol. The summed E-state index contributed by atoms with van der Waals surface area (Å²) >= 11 is 0. The Morgan fingerprint density at radius 3 is 2.73 bits per heavy atom. The third-order valence-electron chi connectivity index (χ3n) is 2.94. The minimum atomic E-state index is -0.272. The number of hydrogen-bond donors (Lipinski definition) is 1. The SMILES string of the molecule is COc1cccc(F)c1C1(CON)CC1. The molecule has 4 heteroatoms. The van der Waals surface area contributed by atoms with Gasteiger partial charge in [0.15, 0.2) is 0 Å². The summed E-state index contributed by atoms with van der Waals surface area (Å²) in [5.74, 6) is 5.40. The fourth-order valence-electron chi connectivity index (χ4n) is 1.97. The largest absolute Gasteiger partial charge is 0.496 e. The van der Waals surface area contributed by atoms with Crippen molar-refractivity contribution in [1.82, 2.24) is 0 Å². The van der Waals surface area contributed by atoms with Crippen LogP contribution in [0, 0.1) is 5.82 Å². The summed E-state index contributed by atoms with van der Waals surface area (Å²) < 4.78 is 18.9. The molecule has 1 fully saturated rings.